The molecule has 8 nitrogen and oxygen atoms in total. The predicted molar refractivity (Wildman–Crippen MR) is 106 cm³/mol. The number of aliphatic imine (C=N–C) groups is 1. The van der Waals surface area contributed by atoms with Gasteiger partial charge in [-0.15, -0.1) is 0 Å². The smallest absolute Gasteiger partial charge is 0.387 e. The largest absolute Gasteiger partial charge is 0.497 e. The maximum absolute atomic E-state index is 12.7. The summed E-state index contributed by atoms with van der Waals surface area (Å²) < 4.78 is 55.8. The van der Waals surface area contributed by atoms with Crippen LogP contribution >= 0.6 is 0 Å². The highest BCUT2D eigenvalue weighted by atomic mass is 19.3. The fourth-order valence-electron chi connectivity index (χ4n) is 2.81. The Hall–Kier alpha value is -3.82. The van der Waals surface area contributed by atoms with Gasteiger partial charge in [-0.2, -0.15) is 8.78 Å². The Morgan fingerprint density at radius 3 is 1.97 bits per heavy atom. The van der Waals surface area contributed by atoms with E-state index in [1.165, 1.54) is 46.6 Å². The normalized spacial score (nSPS) is 14.4. The van der Waals surface area contributed by atoms with Crippen molar-refractivity contribution >= 4 is 17.9 Å². The zero-order valence-electron chi connectivity index (χ0n) is 17.1. The van der Waals surface area contributed by atoms with E-state index in [9.17, 15) is 13.6 Å². The number of hydrogen-bond acceptors (Lipinski definition) is 8. The first kappa shape index (κ1) is 21.9. The molecule has 1 heterocycles. The standard InChI is InChI=1S/C21H19F2NO7/c1-26-13-8-12(9-14(10-13)27-2)19-24-15(20(25)31-19)5-11-6-16(28-3)18(30-21(22)23)17(7-11)29-4/h5-10,21H,1-4H3/b15-5-. The molecule has 0 unspecified atom stereocenters. The lowest BCUT2D eigenvalue weighted by Gasteiger charge is -2.14. The third-order valence-electron chi connectivity index (χ3n) is 4.21. The van der Waals surface area contributed by atoms with Crippen LogP contribution in [0.3, 0.4) is 0 Å². The zero-order chi connectivity index (χ0) is 22.5. The SMILES string of the molecule is COc1cc(OC)cc(C2=N/C(=C\c3cc(OC)c(OC(F)F)c(OC)c3)C(=O)O2)c1. The van der Waals surface area contributed by atoms with E-state index in [1.807, 2.05) is 0 Å². The molecule has 0 N–H and O–H groups in total. The van der Waals surface area contributed by atoms with Gasteiger partial charge in [-0.1, -0.05) is 0 Å². The number of carbonyl (C=O) groups is 1. The van der Waals surface area contributed by atoms with Crippen LogP contribution in [0.4, 0.5) is 8.78 Å². The average molecular weight is 435 g/mol. The summed E-state index contributed by atoms with van der Waals surface area (Å²) in [4.78, 5) is 16.6. The minimum Gasteiger partial charge on any atom is -0.497 e. The topological polar surface area (TPSA) is 84.8 Å². The molecule has 10 heteroatoms. The van der Waals surface area contributed by atoms with Crippen molar-refractivity contribution in [1.82, 2.24) is 0 Å². The number of cyclic esters (lactones) is 1. The second kappa shape index (κ2) is 9.33. The minimum absolute atomic E-state index is 0.000371. The van der Waals surface area contributed by atoms with Crippen LogP contribution in [-0.4, -0.2) is 46.9 Å². The van der Waals surface area contributed by atoms with Crippen molar-refractivity contribution in [3.8, 4) is 28.7 Å². The van der Waals surface area contributed by atoms with Gasteiger partial charge < -0.3 is 28.4 Å². The van der Waals surface area contributed by atoms with E-state index in [1.54, 1.807) is 18.2 Å². The summed E-state index contributed by atoms with van der Waals surface area (Å²) in [6.07, 6.45) is 1.41. The predicted octanol–water partition coefficient (Wildman–Crippen LogP) is 3.67. The number of ether oxygens (including phenoxy) is 6. The summed E-state index contributed by atoms with van der Waals surface area (Å²) in [5, 5.41) is 0. The number of halogens is 2. The number of carbonyl (C=O) groups excluding carboxylic acids is 1. The molecule has 1 aliphatic heterocycles. The number of rotatable bonds is 8. The molecule has 2 aromatic rings. The van der Waals surface area contributed by atoms with Gasteiger partial charge >= 0.3 is 12.6 Å². The first-order chi connectivity index (χ1) is 14.9. The van der Waals surface area contributed by atoms with E-state index in [-0.39, 0.29) is 28.8 Å². The first-order valence-electron chi connectivity index (χ1n) is 8.85. The molecule has 2 aromatic carbocycles. The van der Waals surface area contributed by atoms with Crippen LogP contribution in [-0.2, 0) is 9.53 Å². The second-order valence-corrected chi connectivity index (χ2v) is 6.07. The van der Waals surface area contributed by atoms with Crippen LogP contribution < -0.4 is 23.7 Å². The lowest BCUT2D eigenvalue weighted by molar-refractivity contribution is -0.129. The summed E-state index contributed by atoms with van der Waals surface area (Å²) in [6.45, 7) is -3.07. The van der Waals surface area contributed by atoms with Gasteiger partial charge in [0.25, 0.3) is 0 Å². The first-order valence-corrected chi connectivity index (χ1v) is 8.85. The van der Waals surface area contributed by atoms with E-state index in [0.717, 1.165) is 0 Å². The number of alkyl halides is 2. The third kappa shape index (κ3) is 4.85. The fraction of sp³-hybridized carbons (Fsp3) is 0.238. The molecular weight excluding hydrogens is 416 g/mol. The number of benzene rings is 2. The molecule has 164 valence electrons. The third-order valence-corrected chi connectivity index (χ3v) is 4.21. The minimum atomic E-state index is -3.07. The van der Waals surface area contributed by atoms with Crippen LogP contribution in [0, 0.1) is 0 Å². The summed E-state index contributed by atoms with van der Waals surface area (Å²) in [6, 6.07) is 7.75. The van der Waals surface area contributed by atoms with Crippen LogP contribution in [0.15, 0.2) is 41.0 Å². The van der Waals surface area contributed by atoms with Gasteiger partial charge in [0, 0.05) is 11.6 Å². The van der Waals surface area contributed by atoms with Crippen LogP contribution in [0.5, 0.6) is 28.7 Å². The Morgan fingerprint density at radius 2 is 1.48 bits per heavy atom. The van der Waals surface area contributed by atoms with Crippen molar-refractivity contribution in [2.45, 2.75) is 6.61 Å². The van der Waals surface area contributed by atoms with Gasteiger partial charge in [0.05, 0.1) is 28.4 Å². The van der Waals surface area contributed by atoms with E-state index in [2.05, 4.69) is 9.73 Å². The highest BCUT2D eigenvalue weighted by Crippen LogP contribution is 2.40. The lowest BCUT2D eigenvalue weighted by atomic mass is 10.1. The maximum atomic E-state index is 12.7. The molecule has 31 heavy (non-hydrogen) atoms. The van der Waals surface area contributed by atoms with Gasteiger partial charge in [-0.05, 0) is 35.9 Å². The molecule has 0 atom stereocenters. The van der Waals surface area contributed by atoms with Crippen molar-refractivity contribution in [2.75, 3.05) is 28.4 Å². The zero-order valence-corrected chi connectivity index (χ0v) is 17.1. The van der Waals surface area contributed by atoms with Crippen molar-refractivity contribution in [3.63, 3.8) is 0 Å². The molecule has 0 spiro atoms. The van der Waals surface area contributed by atoms with E-state index in [4.69, 9.17) is 23.7 Å². The van der Waals surface area contributed by atoms with Crippen molar-refractivity contribution in [2.24, 2.45) is 4.99 Å². The molecule has 0 aromatic heterocycles. The summed E-state index contributed by atoms with van der Waals surface area (Å²) in [7, 11) is 5.57. The Labute approximate surface area is 176 Å². The summed E-state index contributed by atoms with van der Waals surface area (Å²) >= 11 is 0. The molecule has 0 aliphatic carbocycles. The van der Waals surface area contributed by atoms with Gasteiger partial charge in [0.15, 0.2) is 17.2 Å². The molecule has 0 amide bonds. The van der Waals surface area contributed by atoms with Gasteiger partial charge in [-0.25, -0.2) is 9.79 Å². The highest BCUT2D eigenvalue weighted by Gasteiger charge is 2.26. The summed E-state index contributed by atoms with van der Waals surface area (Å²) in [5.41, 5.74) is 0.864. The van der Waals surface area contributed by atoms with Crippen LogP contribution in [0.1, 0.15) is 11.1 Å². The molecule has 0 bridgehead atoms. The van der Waals surface area contributed by atoms with E-state index in [0.29, 0.717) is 22.6 Å². The number of nitrogens with zero attached hydrogens (tertiary/aromatic N) is 1. The van der Waals surface area contributed by atoms with Crippen molar-refractivity contribution < 1.29 is 42.0 Å². The highest BCUT2D eigenvalue weighted by molar-refractivity contribution is 6.13. The number of hydrogen-bond donors (Lipinski definition) is 0. The van der Waals surface area contributed by atoms with Crippen molar-refractivity contribution in [1.29, 1.82) is 0 Å². The monoisotopic (exact) mass is 435 g/mol. The molecule has 0 fully saturated rings. The maximum Gasteiger partial charge on any atom is 0.387 e. The van der Waals surface area contributed by atoms with Crippen molar-refractivity contribution in [3.05, 3.63) is 47.2 Å². The van der Waals surface area contributed by atoms with E-state index >= 15 is 0 Å². The second-order valence-electron chi connectivity index (χ2n) is 6.07. The van der Waals surface area contributed by atoms with Gasteiger partial charge in [-0.3, -0.25) is 0 Å². The fourth-order valence-corrected chi connectivity index (χ4v) is 2.81. The Morgan fingerprint density at radius 1 is 0.903 bits per heavy atom. The molecule has 3 rings (SSSR count). The lowest BCUT2D eigenvalue weighted by Crippen LogP contribution is -2.06. The average Bonchev–Trinajstić information content (AvgIpc) is 3.13. The Kier molecular flexibility index (Phi) is 6.58. The molecule has 0 saturated heterocycles. The molecular formula is C21H19F2NO7. The van der Waals surface area contributed by atoms with E-state index < -0.39 is 12.6 Å². The van der Waals surface area contributed by atoms with Gasteiger partial charge in [0.1, 0.15) is 11.5 Å². The Bertz CT molecular complexity index is 1000. The molecule has 0 radical (unpaired) electrons. The quantitative estimate of drug-likeness (QED) is 0.462. The van der Waals surface area contributed by atoms with Gasteiger partial charge in [0.2, 0.25) is 11.6 Å². The van der Waals surface area contributed by atoms with Crippen LogP contribution in [0.2, 0.25) is 0 Å². The molecule has 0 saturated carbocycles. The number of methoxy groups -OCH3 is 4. The number of esters is 1. The Balaban J connectivity index is 2.00. The molecule has 1 aliphatic rings. The summed E-state index contributed by atoms with van der Waals surface area (Å²) in [5.74, 6) is 0.0971. The van der Waals surface area contributed by atoms with Crippen LogP contribution in [0.25, 0.3) is 6.08 Å².